The van der Waals surface area contributed by atoms with E-state index in [4.69, 9.17) is 9.97 Å². The van der Waals surface area contributed by atoms with E-state index >= 15 is 0 Å². The van der Waals surface area contributed by atoms with Crippen molar-refractivity contribution in [3.63, 3.8) is 0 Å². The Morgan fingerprint density at radius 3 is 2.63 bits per heavy atom. The molecule has 5 nitrogen and oxygen atoms in total. The lowest BCUT2D eigenvalue weighted by atomic mass is 10.1. The van der Waals surface area contributed by atoms with Gasteiger partial charge in [-0.2, -0.15) is 4.98 Å². The minimum atomic E-state index is 0.466. The number of benzene rings is 1. The van der Waals surface area contributed by atoms with Gasteiger partial charge in [0.05, 0.1) is 11.4 Å². The Hall–Kier alpha value is -2.95. The number of anilines is 2. The van der Waals surface area contributed by atoms with Crippen LogP contribution >= 0.6 is 0 Å². The molecule has 3 aromatic rings. The molecule has 0 bridgehead atoms. The minimum Gasteiger partial charge on any atom is -0.366 e. The normalized spacial score (nSPS) is 14.3. The summed E-state index contributed by atoms with van der Waals surface area (Å²) in [6.07, 6.45) is 6.71. The first-order valence-electron chi connectivity index (χ1n) is 9.63. The van der Waals surface area contributed by atoms with Crippen LogP contribution in [0.15, 0.2) is 54.7 Å². The van der Waals surface area contributed by atoms with Crippen molar-refractivity contribution in [1.82, 2.24) is 15.0 Å². The van der Waals surface area contributed by atoms with Gasteiger partial charge in [-0.1, -0.05) is 48.7 Å². The Morgan fingerprint density at radius 1 is 0.963 bits per heavy atom. The molecule has 2 N–H and O–H groups in total. The fourth-order valence-electron chi connectivity index (χ4n) is 3.52. The van der Waals surface area contributed by atoms with Gasteiger partial charge >= 0.3 is 0 Å². The van der Waals surface area contributed by atoms with Gasteiger partial charge in [-0.3, -0.25) is 4.98 Å². The average Bonchev–Trinajstić information content (AvgIpc) is 3.20. The van der Waals surface area contributed by atoms with Crippen LogP contribution in [0.1, 0.15) is 36.8 Å². The van der Waals surface area contributed by atoms with Crippen LogP contribution in [0.3, 0.4) is 0 Å². The second-order valence-corrected chi connectivity index (χ2v) is 7.15. The molecule has 2 aromatic heterocycles. The molecule has 1 saturated carbocycles. The molecule has 0 unspecified atom stereocenters. The molecule has 1 fully saturated rings. The number of hydrogen-bond donors (Lipinski definition) is 2. The number of nitrogens with zero attached hydrogens (tertiary/aromatic N) is 3. The van der Waals surface area contributed by atoms with Crippen LogP contribution in [0, 0.1) is 6.92 Å². The van der Waals surface area contributed by atoms with Gasteiger partial charge in [-0.15, -0.1) is 0 Å². The van der Waals surface area contributed by atoms with E-state index in [1.54, 1.807) is 6.20 Å². The third-order valence-electron chi connectivity index (χ3n) is 4.90. The summed E-state index contributed by atoms with van der Waals surface area (Å²) in [7, 11) is 0. The van der Waals surface area contributed by atoms with E-state index in [0.717, 1.165) is 23.8 Å². The second kappa shape index (κ2) is 8.16. The van der Waals surface area contributed by atoms with E-state index in [-0.39, 0.29) is 0 Å². The maximum atomic E-state index is 4.71. The van der Waals surface area contributed by atoms with Crippen molar-refractivity contribution in [3.05, 3.63) is 65.9 Å². The quantitative estimate of drug-likeness (QED) is 0.661. The molecule has 0 amide bonds. The minimum absolute atomic E-state index is 0.466. The van der Waals surface area contributed by atoms with Gasteiger partial charge in [0, 0.05) is 24.8 Å². The summed E-state index contributed by atoms with van der Waals surface area (Å²) in [5, 5.41) is 6.95. The SMILES string of the molecule is Cc1cccc(CNc2cc(-c3ccccn3)nc(NC3CCCC3)n2)c1. The van der Waals surface area contributed by atoms with Crippen molar-refractivity contribution < 1.29 is 0 Å². The summed E-state index contributed by atoms with van der Waals surface area (Å²) >= 11 is 0. The predicted octanol–water partition coefficient (Wildman–Crippen LogP) is 4.81. The van der Waals surface area contributed by atoms with Crippen LogP contribution in [-0.4, -0.2) is 21.0 Å². The summed E-state index contributed by atoms with van der Waals surface area (Å²) in [6.45, 7) is 2.83. The largest absolute Gasteiger partial charge is 0.366 e. The van der Waals surface area contributed by atoms with Crippen LogP contribution in [0.2, 0.25) is 0 Å². The van der Waals surface area contributed by atoms with Crippen molar-refractivity contribution in [3.8, 4) is 11.4 Å². The van der Waals surface area contributed by atoms with Gasteiger partial charge in [-0.05, 0) is 37.5 Å². The molecule has 0 atom stereocenters. The molecule has 0 radical (unpaired) electrons. The van der Waals surface area contributed by atoms with Gasteiger partial charge < -0.3 is 10.6 Å². The number of nitrogens with one attached hydrogen (secondary N) is 2. The summed E-state index contributed by atoms with van der Waals surface area (Å²) in [5.41, 5.74) is 4.18. The topological polar surface area (TPSA) is 62.7 Å². The van der Waals surface area contributed by atoms with Crippen molar-refractivity contribution >= 4 is 11.8 Å². The maximum absolute atomic E-state index is 4.71. The van der Waals surface area contributed by atoms with E-state index in [1.807, 2.05) is 24.3 Å². The standard InChI is InChI=1S/C22H25N5/c1-16-7-6-8-17(13-16)15-24-21-14-20(19-11-4-5-12-23-19)26-22(27-21)25-18-9-2-3-10-18/h4-8,11-14,18H,2-3,9-10,15H2,1H3,(H2,24,25,26,27). The number of pyridine rings is 1. The van der Waals surface area contributed by atoms with Crippen molar-refractivity contribution in [1.29, 1.82) is 0 Å². The fourth-order valence-corrected chi connectivity index (χ4v) is 3.52. The summed E-state index contributed by atoms with van der Waals surface area (Å²) in [4.78, 5) is 13.9. The van der Waals surface area contributed by atoms with Gasteiger partial charge in [-0.25, -0.2) is 4.98 Å². The molecule has 27 heavy (non-hydrogen) atoms. The maximum Gasteiger partial charge on any atom is 0.225 e. The van der Waals surface area contributed by atoms with Crippen LogP contribution in [0.4, 0.5) is 11.8 Å². The molecule has 1 aliphatic carbocycles. The molecule has 138 valence electrons. The first-order valence-corrected chi connectivity index (χ1v) is 9.63. The van der Waals surface area contributed by atoms with E-state index in [9.17, 15) is 0 Å². The molecule has 2 heterocycles. The Labute approximate surface area is 160 Å². The summed E-state index contributed by atoms with van der Waals surface area (Å²) in [6, 6.07) is 16.8. The number of rotatable bonds is 6. The third-order valence-corrected chi connectivity index (χ3v) is 4.90. The highest BCUT2D eigenvalue weighted by molar-refractivity contribution is 5.61. The Kier molecular flexibility index (Phi) is 5.28. The predicted molar refractivity (Wildman–Crippen MR) is 110 cm³/mol. The van der Waals surface area contributed by atoms with Gasteiger partial charge in [0.25, 0.3) is 0 Å². The molecule has 0 aliphatic heterocycles. The molecule has 1 aromatic carbocycles. The molecular formula is C22H25N5. The van der Waals surface area contributed by atoms with Gasteiger partial charge in [0.1, 0.15) is 5.82 Å². The first-order chi connectivity index (χ1) is 13.3. The van der Waals surface area contributed by atoms with Crippen LogP contribution in [0.5, 0.6) is 0 Å². The van der Waals surface area contributed by atoms with Crippen molar-refractivity contribution in [2.45, 2.75) is 45.2 Å². The highest BCUT2D eigenvalue weighted by atomic mass is 15.2. The van der Waals surface area contributed by atoms with Gasteiger partial charge in [0.15, 0.2) is 0 Å². The Balaban J connectivity index is 1.58. The zero-order chi connectivity index (χ0) is 18.5. The molecule has 4 rings (SSSR count). The summed E-state index contributed by atoms with van der Waals surface area (Å²) in [5.74, 6) is 1.49. The van der Waals surface area contributed by atoms with E-state index in [2.05, 4.69) is 46.8 Å². The second-order valence-electron chi connectivity index (χ2n) is 7.15. The van der Waals surface area contributed by atoms with Crippen molar-refractivity contribution in [2.24, 2.45) is 0 Å². The van der Waals surface area contributed by atoms with Crippen LogP contribution in [0.25, 0.3) is 11.4 Å². The number of aromatic nitrogens is 3. The monoisotopic (exact) mass is 359 g/mol. The zero-order valence-corrected chi connectivity index (χ0v) is 15.7. The molecule has 1 aliphatic rings. The number of aryl methyl sites for hydroxylation is 1. The Morgan fingerprint density at radius 2 is 1.85 bits per heavy atom. The lowest BCUT2D eigenvalue weighted by Crippen LogP contribution is -2.17. The Bertz CT molecular complexity index is 888. The lowest BCUT2D eigenvalue weighted by molar-refractivity contribution is 0.744. The molecule has 5 heteroatoms. The molecule has 0 spiro atoms. The van der Waals surface area contributed by atoms with E-state index in [0.29, 0.717) is 12.0 Å². The van der Waals surface area contributed by atoms with Gasteiger partial charge in [0.2, 0.25) is 5.95 Å². The third kappa shape index (κ3) is 4.61. The first kappa shape index (κ1) is 17.5. The van der Waals surface area contributed by atoms with E-state index < -0.39 is 0 Å². The lowest BCUT2D eigenvalue weighted by Gasteiger charge is -2.15. The average molecular weight is 359 g/mol. The molecule has 0 saturated heterocycles. The zero-order valence-electron chi connectivity index (χ0n) is 15.7. The summed E-state index contributed by atoms with van der Waals surface area (Å²) < 4.78 is 0. The van der Waals surface area contributed by atoms with Crippen molar-refractivity contribution in [2.75, 3.05) is 10.6 Å². The molecular weight excluding hydrogens is 334 g/mol. The number of hydrogen-bond acceptors (Lipinski definition) is 5. The highest BCUT2D eigenvalue weighted by Crippen LogP contribution is 2.24. The van der Waals surface area contributed by atoms with E-state index in [1.165, 1.54) is 36.8 Å². The smallest absolute Gasteiger partial charge is 0.225 e. The fraction of sp³-hybridized carbons (Fsp3) is 0.318. The van der Waals surface area contributed by atoms with Crippen LogP contribution < -0.4 is 10.6 Å². The van der Waals surface area contributed by atoms with Crippen LogP contribution in [-0.2, 0) is 6.54 Å². The highest BCUT2D eigenvalue weighted by Gasteiger charge is 2.17.